The van der Waals surface area contributed by atoms with Gasteiger partial charge >= 0.3 is 0 Å². The van der Waals surface area contributed by atoms with Crippen molar-refractivity contribution in [3.63, 3.8) is 0 Å². The Morgan fingerprint density at radius 3 is 2.53 bits per heavy atom. The number of ether oxygens (including phenoxy) is 1. The van der Waals surface area contributed by atoms with Crippen LogP contribution in [0.1, 0.15) is 58.7 Å². The van der Waals surface area contributed by atoms with Crippen molar-refractivity contribution in [2.45, 2.75) is 66.0 Å². The second-order valence-corrected chi connectivity index (χ2v) is 6.35. The molecule has 1 aromatic rings. The van der Waals surface area contributed by atoms with Crippen molar-refractivity contribution in [2.75, 3.05) is 5.73 Å². The fraction of sp³-hybridized carbons (Fsp3) is 0.800. The number of nitrogens with zero attached hydrogens (tertiary/aromatic N) is 2. The molecule has 1 fully saturated rings. The molecular formula is C15H27N3O. The lowest BCUT2D eigenvalue weighted by Gasteiger charge is -2.32. The number of aryl methyl sites for hydroxylation is 1. The number of nitrogen functional groups attached to an aromatic ring is 1. The summed E-state index contributed by atoms with van der Waals surface area (Å²) in [7, 11) is 0. The zero-order chi connectivity index (χ0) is 14.2. The molecule has 0 bridgehead atoms. The van der Waals surface area contributed by atoms with Crippen LogP contribution in [0.2, 0.25) is 0 Å². The van der Waals surface area contributed by atoms with Crippen molar-refractivity contribution in [1.29, 1.82) is 0 Å². The molecule has 2 rings (SSSR count). The Morgan fingerprint density at radius 1 is 1.26 bits per heavy atom. The summed E-state index contributed by atoms with van der Waals surface area (Å²) in [6.45, 7) is 10.8. The molecule has 0 spiro atoms. The van der Waals surface area contributed by atoms with Gasteiger partial charge in [-0.25, -0.2) is 4.68 Å². The SMILES string of the molecule is Cc1nn(C(C)C)c(OC2CCC(C)C(C)C2)c1N. The van der Waals surface area contributed by atoms with Crippen molar-refractivity contribution in [3.8, 4) is 5.88 Å². The lowest BCUT2D eigenvalue weighted by atomic mass is 9.80. The van der Waals surface area contributed by atoms with Gasteiger partial charge in [-0.15, -0.1) is 0 Å². The van der Waals surface area contributed by atoms with E-state index in [1.54, 1.807) is 0 Å². The monoisotopic (exact) mass is 265 g/mol. The summed E-state index contributed by atoms with van der Waals surface area (Å²) in [5.41, 5.74) is 7.67. The highest BCUT2D eigenvalue weighted by Crippen LogP contribution is 2.35. The summed E-state index contributed by atoms with van der Waals surface area (Å²) in [5.74, 6) is 2.28. The second kappa shape index (κ2) is 5.43. The quantitative estimate of drug-likeness (QED) is 0.909. The summed E-state index contributed by atoms with van der Waals surface area (Å²) in [5, 5.41) is 4.48. The third kappa shape index (κ3) is 2.88. The number of hydrogen-bond donors (Lipinski definition) is 1. The Kier molecular flexibility index (Phi) is 4.07. The largest absolute Gasteiger partial charge is 0.473 e. The number of anilines is 1. The van der Waals surface area contributed by atoms with Gasteiger partial charge in [-0.05, 0) is 51.9 Å². The molecule has 3 atom stereocenters. The highest BCUT2D eigenvalue weighted by Gasteiger charge is 2.28. The topological polar surface area (TPSA) is 53.1 Å². The first-order valence-electron chi connectivity index (χ1n) is 7.41. The predicted molar refractivity (Wildman–Crippen MR) is 78.4 cm³/mol. The lowest BCUT2D eigenvalue weighted by Crippen LogP contribution is -2.29. The van der Waals surface area contributed by atoms with Crippen molar-refractivity contribution in [2.24, 2.45) is 11.8 Å². The maximum atomic E-state index is 6.19. The van der Waals surface area contributed by atoms with Crippen LogP contribution >= 0.6 is 0 Å². The van der Waals surface area contributed by atoms with Crippen LogP contribution in [0.15, 0.2) is 0 Å². The van der Waals surface area contributed by atoms with Crippen molar-refractivity contribution in [3.05, 3.63) is 5.69 Å². The van der Waals surface area contributed by atoms with Crippen LogP contribution in [0.25, 0.3) is 0 Å². The van der Waals surface area contributed by atoms with E-state index in [0.717, 1.165) is 36.3 Å². The van der Waals surface area contributed by atoms with E-state index in [4.69, 9.17) is 10.5 Å². The Morgan fingerprint density at radius 2 is 1.95 bits per heavy atom. The van der Waals surface area contributed by atoms with E-state index in [2.05, 4.69) is 32.8 Å². The highest BCUT2D eigenvalue weighted by atomic mass is 16.5. The van der Waals surface area contributed by atoms with Crippen LogP contribution in [0.3, 0.4) is 0 Å². The van der Waals surface area contributed by atoms with Crippen molar-refractivity contribution in [1.82, 2.24) is 9.78 Å². The third-order valence-corrected chi connectivity index (χ3v) is 4.40. The first-order valence-corrected chi connectivity index (χ1v) is 7.41. The first kappa shape index (κ1) is 14.2. The molecule has 3 unspecified atom stereocenters. The second-order valence-electron chi connectivity index (χ2n) is 6.35. The van der Waals surface area contributed by atoms with E-state index < -0.39 is 0 Å². The minimum atomic E-state index is 0.269. The van der Waals surface area contributed by atoms with Gasteiger partial charge in [0.15, 0.2) is 0 Å². The van der Waals surface area contributed by atoms with Gasteiger partial charge in [0.05, 0.1) is 11.7 Å². The van der Waals surface area contributed by atoms with Gasteiger partial charge in [-0.3, -0.25) is 0 Å². The van der Waals surface area contributed by atoms with Gasteiger partial charge in [0, 0.05) is 0 Å². The van der Waals surface area contributed by atoms with E-state index in [0.29, 0.717) is 5.69 Å². The Balaban J connectivity index is 2.15. The molecule has 0 aliphatic heterocycles. The summed E-state index contributed by atoms with van der Waals surface area (Å²) >= 11 is 0. The minimum absolute atomic E-state index is 0.269. The maximum Gasteiger partial charge on any atom is 0.236 e. The lowest BCUT2D eigenvalue weighted by molar-refractivity contribution is 0.0907. The average molecular weight is 265 g/mol. The maximum absolute atomic E-state index is 6.19. The molecular weight excluding hydrogens is 238 g/mol. The Bertz CT molecular complexity index is 439. The zero-order valence-corrected chi connectivity index (χ0v) is 12.8. The predicted octanol–water partition coefficient (Wildman–Crippen LogP) is 3.56. The summed E-state index contributed by atoms with van der Waals surface area (Å²) < 4.78 is 8.10. The number of aromatic nitrogens is 2. The number of hydrogen-bond acceptors (Lipinski definition) is 3. The van der Waals surface area contributed by atoms with Crippen LogP contribution in [-0.2, 0) is 0 Å². The van der Waals surface area contributed by atoms with Gasteiger partial charge in [-0.2, -0.15) is 5.10 Å². The highest BCUT2D eigenvalue weighted by molar-refractivity contribution is 5.52. The minimum Gasteiger partial charge on any atom is -0.473 e. The van der Waals surface area contributed by atoms with Crippen LogP contribution in [0, 0.1) is 18.8 Å². The molecule has 1 saturated carbocycles. The molecule has 0 radical (unpaired) electrons. The standard InChI is InChI=1S/C15H27N3O/c1-9(2)18-15(14(16)12(5)17-18)19-13-7-6-10(3)11(4)8-13/h9-11,13H,6-8,16H2,1-5H3. The molecule has 19 heavy (non-hydrogen) atoms. The van der Waals surface area contributed by atoms with Gasteiger partial charge < -0.3 is 10.5 Å². The van der Waals surface area contributed by atoms with E-state index in [-0.39, 0.29) is 12.1 Å². The normalized spacial score (nSPS) is 27.8. The molecule has 0 amide bonds. The van der Waals surface area contributed by atoms with Gasteiger partial charge in [0.1, 0.15) is 11.8 Å². The summed E-state index contributed by atoms with van der Waals surface area (Å²) in [6, 6.07) is 0.269. The molecule has 108 valence electrons. The van der Waals surface area contributed by atoms with E-state index in [9.17, 15) is 0 Å². The molecule has 1 aromatic heterocycles. The molecule has 2 N–H and O–H groups in total. The van der Waals surface area contributed by atoms with Crippen LogP contribution in [-0.4, -0.2) is 15.9 Å². The van der Waals surface area contributed by atoms with E-state index in [1.165, 1.54) is 6.42 Å². The van der Waals surface area contributed by atoms with Crippen LogP contribution in [0.4, 0.5) is 5.69 Å². The van der Waals surface area contributed by atoms with Gasteiger partial charge in [0.25, 0.3) is 0 Å². The average Bonchev–Trinajstić information content (AvgIpc) is 2.62. The Hall–Kier alpha value is -1.19. The van der Waals surface area contributed by atoms with Crippen molar-refractivity contribution >= 4 is 5.69 Å². The third-order valence-electron chi connectivity index (χ3n) is 4.40. The Labute approximate surface area is 116 Å². The summed E-state index contributed by atoms with van der Waals surface area (Å²) in [4.78, 5) is 0. The van der Waals surface area contributed by atoms with Crippen LogP contribution in [0.5, 0.6) is 5.88 Å². The molecule has 1 aliphatic carbocycles. The molecule has 0 aromatic carbocycles. The molecule has 0 saturated heterocycles. The first-order chi connectivity index (χ1) is 8.90. The van der Waals surface area contributed by atoms with Crippen molar-refractivity contribution < 1.29 is 4.74 Å². The van der Waals surface area contributed by atoms with E-state index >= 15 is 0 Å². The molecule has 1 heterocycles. The van der Waals surface area contributed by atoms with Gasteiger partial charge in [-0.1, -0.05) is 13.8 Å². The fourth-order valence-corrected chi connectivity index (χ4v) is 2.77. The number of rotatable bonds is 3. The number of nitrogens with two attached hydrogens (primary N) is 1. The molecule has 4 heteroatoms. The fourth-order valence-electron chi connectivity index (χ4n) is 2.77. The summed E-state index contributed by atoms with van der Waals surface area (Å²) in [6.07, 6.45) is 3.75. The molecule has 1 aliphatic rings. The van der Waals surface area contributed by atoms with E-state index in [1.807, 2.05) is 11.6 Å². The van der Waals surface area contributed by atoms with Crippen LogP contribution < -0.4 is 10.5 Å². The van der Waals surface area contributed by atoms with Gasteiger partial charge in [0.2, 0.25) is 5.88 Å². The molecule has 4 nitrogen and oxygen atoms in total. The zero-order valence-electron chi connectivity index (χ0n) is 12.8. The smallest absolute Gasteiger partial charge is 0.236 e.